The molecule has 0 aliphatic rings. The van der Waals surface area contributed by atoms with E-state index in [0.29, 0.717) is 5.69 Å². The Labute approximate surface area is 101 Å². The van der Waals surface area contributed by atoms with Crippen LogP contribution in [0.15, 0.2) is 36.5 Å². The van der Waals surface area contributed by atoms with E-state index in [4.69, 9.17) is 5.26 Å². The van der Waals surface area contributed by atoms with Crippen LogP contribution in [0.2, 0.25) is 0 Å². The minimum atomic E-state index is 0.153. The van der Waals surface area contributed by atoms with Crippen molar-refractivity contribution >= 4 is 0 Å². The highest BCUT2D eigenvalue weighted by Gasteiger charge is 2.13. The summed E-state index contributed by atoms with van der Waals surface area (Å²) >= 11 is 0. The molecule has 2 rings (SSSR count). The van der Waals surface area contributed by atoms with Crippen LogP contribution < -0.4 is 0 Å². The Morgan fingerprint density at radius 1 is 1.12 bits per heavy atom. The number of aromatic nitrogens is 2. The summed E-state index contributed by atoms with van der Waals surface area (Å²) in [6.45, 7) is 6.55. The van der Waals surface area contributed by atoms with Crippen molar-refractivity contribution < 1.29 is 0 Å². The second-order valence-electron chi connectivity index (χ2n) is 5.05. The smallest absolute Gasteiger partial charge is 0.162 e. The maximum Gasteiger partial charge on any atom is 0.162 e. The van der Waals surface area contributed by atoms with E-state index in [-0.39, 0.29) is 5.41 Å². The molecule has 0 unspecified atom stereocenters. The Morgan fingerprint density at radius 3 is 2.24 bits per heavy atom. The molecular weight excluding hydrogens is 210 g/mol. The van der Waals surface area contributed by atoms with Crippen molar-refractivity contribution in [3.05, 3.63) is 47.8 Å². The van der Waals surface area contributed by atoms with Gasteiger partial charge in [-0.3, -0.25) is 0 Å². The van der Waals surface area contributed by atoms with Crippen molar-refractivity contribution in [1.29, 1.82) is 5.26 Å². The number of benzene rings is 1. The van der Waals surface area contributed by atoms with Crippen molar-refractivity contribution in [2.75, 3.05) is 0 Å². The van der Waals surface area contributed by atoms with Gasteiger partial charge in [-0.25, -0.2) is 4.68 Å². The molecule has 3 heteroatoms. The molecule has 0 bridgehead atoms. The molecule has 0 N–H and O–H groups in total. The van der Waals surface area contributed by atoms with E-state index in [1.165, 1.54) is 5.56 Å². The van der Waals surface area contributed by atoms with Crippen molar-refractivity contribution in [3.8, 4) is 11.8 Å². The molecule has 0 saturated heterocycles. The van der Waals surface area contributed by atoms with Crippen LogP contribution in [-0.2, 0) is 5.41 Å². The summed E-state index contributed by atoms with van der Waals surface area (Å²) in [5.41, 5.74) is 2.85. The van der Waals surface area contributed by atoms with E-state index < -0.39 is 0 Å². The second kappa shape index (κ2) is 4.06. The van der Waals surface area contributed by atoms with Gasteiger partial charge in [0, 0.05) is 6.20 Å². The number of nitrogens with zero attached hydrogens (tertiary/aromatic N) is 3. The highest BCUT2D eigenvalue weighted by Crippen LogP contribution is 2.22. The second-order valence-corrected chi connectivity index (χ2v) is 5.05. The third-order valence-electron chi connectivity index (χ3n) is 2.70. The highest BCUT2D eigenvalue weighted by atomic mass is 15.3. The Morgan fingerprint density at radius 2 is 1.76 bits per heavy atom. The van der Waals surface area contributed by atoms with E-state index in [1.54, 1.807) is 16.9 Å². The first-order valence-electron chi connectivity index (χ1n) is 5.57. The molecule has 86 valence electrons. The summed E-state index contributed by atoms with van der Waals surface area (Å²) in [6, 6.07) is 12.0. The van der Waals surface area contributed by atoms with Crippen LogP contribution >= 0.6 is 0 Å². The quantitative estimate of drug-likeness (QED) is 0.748. The van der Waals surface area contributed by atoms with Crippen molar-refractivity contribution in [2.24, 2.45) is 0 Å². The topological polar surface area (TPSA) is 41.6 Å². The molecule has 0 saturated carbocycles. The Hall–Kier alpha value is -2.08. The molecule has 1 aromatic carbocycles. The lowest BCUT2D eigenvalue weighted by atomic mass is 9.87. The van der Waals surface area contributed by atoms with Gasteiger partial charge in [0.2, 0.25) is 0 Å². The summed E-state index contributed by atoms with van der Waals surface area (Å²) in [6.07, 6.45) is 1.80. The zero-order valence-electron chi connectivity index (χ0n) is 10.3. The summed E-state index contributed by atoms with van der Waals surface area (Å²) < 4.78 is 1.71. The van der Waals surface area contributed by atoms with Gasteiger partial charge in [-0.05, 0) is 29.2 Å². The van der Waals surface area contributed by atoms with Crippen LogP contribution in [-0.4, -0.2) is 9.78 Å². The average molecular weight is 225 g/mol. The molecule has 17 heavy (non-hydrogen) atoms. The zero-order valence-corrected chi connectivity index (χ0v) is 10.3. The third kappa shape index (κ3) is 2.36. The molecule has 3 nitrogen and oxygen atoms in total. The summed E-state index contributed by atoms with van der Waals surface area (Å²) in [4.78, 5) is 0. The summed E-state index contributed by atoms with van der Waals surface area (Å²) in [5.74, 6) is 0. The fraction of sp³-hybridized carbons (Fsp3) is 0.286. The minimum Gasteiger partial charge on any atom is -0.240 e. The van der Waals surface area contributed by atoms with Crippen molar-refractivity contribution in [3.63, 3.8) is 0 Å². The standard InChI is InChI=1S/C14H15N3/c1-14(2,3)11-4-6-13(7-5-11)17-9-8-12(10-15)16-17/h4-9H,1-3H3. The molecule has 0 fully saturated rings. The number of hydrogen-bond acceptors (Lipinski definition) is 2. The monoisotopic (exact) mass is 225 g/mol. The van der Waals surface area contributed by atoms with Crippen LogP contribution in [0.5, 0.6) is 0 Å². The van der Waals surface area contributed by atoms with E-state index in [9.17, 15) is 0 Å². The van der Waals surface area contributed by atoms with Gasteiger partial charge in [-0.1, -0.05) is 32.9 Å². The molecular formula is C14H15N3. The average Bonchev–Trinajstić information content (AvgIpc) is 2.76. The predicted octanol–water partition coefficient (Wildman–Crippen LogP) is 3.04. The molecule has 2 aromatic rings. The van der Waals surface area contributed by atoms with Crippen LogP contribution in [0.4, 0.5) is 0 Å². The van der Waals surface area contributed by atoms with Gasteiger partial charge in [0.05, 0.1) is 5.69 Å². The lowest BCUT2D eigenvalue weighted by Gasteiger charge is -2.19. The van der Waals surface area contributed by atoms with E-state index in [2.05, 4.69) is 38.0 Å². The summed E-state index contributed by atoms with van der Waals surface area (Å²) in [7, 11) is 0. The van der Waals surface area contributed by atoms with Crippen molar-refractivity contribution in [2.45, 2.75) is 26.2 Å². The molecule has 1 aromatic heterocycles. The minimum absolute atomic E-state index is 0.153. The molecule has 0 radical (unpaired) electrons. The first kappa shape index (κ1) is 11.4. The van der Waals surface area contributed by atoms with Gasteiger partial charge in [-0.15, -0.1) is 0 Å². The first-order chi connectivity index (χ1) is 8.00. The van der Waals surface area contributed by atoms with E-state index in [0.717, 1.165) is 5.69 Å². The molecule has 0 aliphatic carbocycles. The Balaban J connectivity index is 2.33. The maximum absolute atomic E-state index is 8.72. The van der Waals surface area contributed by atoms with Gasteiger partial charge in [-0.2, -0.15) is 10.4 Å². The lowest BCUT2D eigenvalue weighted by molar-refractivity contribution is 0.590. The first-order valence-corrected chi connectivity index (χ1v) is 5.57. The Kier molecular flexibility index (Phi) is 2.72. The number of rotatable bonds is 1. The lowest BCUT2D eigenvalue weighted by Crippen LogP contribution is -2.10. The van der Waals surface area contributed by atoms with Gasteiger partial charge in [0.15, 0.2) is 5.69 Å². The van der Waals surface area contributed by atoms with Crippen molar-refractivity contribution in [1.82, 2.24) is 9.78 Å². The Bertz CT molecular complexity index is 550. The van der Waals surface area contributed by atoms with Crippen LogP contribution in [0.1, 0.15) is 32.0 Å². The van der Waals surface area contributed by atoms with Gasteiger partial charge in [0.25, 0.3) is 0 Å². The fourth-order valence-corrected chi connectivity index (χ4v) is 1.64. The van der Waals surface area contributed by atoms with Crippen LogP contribution in [0.25, 0.3) is 5.69 Å². The normalized spacial score (nSPS) is 11.2. The molecule has 0 spiro atoms. The van der Waals surface area contributed by atoms with E-state index >= 15 is 0 Å². The maximum atomic E-state index is 8.72. The number of hydrogen-bond donors (Lipinski definition) is 0. The number of nitriles is 1. The highest BCUT2D eigenvalue weighted by molar-refractivity contribution is 5.37. The molecule has 0 atom stereocenters. The van der Waals surface area contributed by atoms with Gasteiger partial charge < -0.3 is 0 Å². The fourth-order valence-electron chi connectivity index (χ4n) is 1.64. The molecule has 0 aliphatic heterocycles. The molecule has 1 heterocycles. The third-order valence-corrected chi connectivity index (χ3v) is 2.70. The SMILES string of the molecule is CC(C)(C)c1ccc(-n2ccc(C#N)n2)cc1. The van der Waals surface area contributed by atoms with Crippen LogP contribution in [0, 0.1) is 11.3 Å². The summed E-state index contributed by atoms with van der Waals surface area (Å²) in [5, 5.41) is 12.9. The largest absolute Gasteiger partial charge is 0.240 e. The predicted molar refractivity (Wildman–Crippen MR) is 67.0 cm³/mol. The van der Waals surface area contributed by atoms with Gasteiger partial charge in [0.1, 0.15) is 6.07 Å². The van der Waals surface area contributed by atoms with Gasteiger partial charge >= 0.3 is 0 Å². The zero-order chi connectivity index (χ0) is 12.5. The molecule has 0 amide bonds. The van der Waals surface area contributed by atoms with E-state index in [1.807, 2.05) is 18.2 Å². The van der Waals surface area contributed by atoms with Crippen LogP contribution in [0.3, 0.4) is 0 Å².